The van der Waals surface area contributed by atoms with Crippen molar-refractivity contribution in [1.29, 1.82) is 0 Å². The van der Waals surface area contributed by atoms with E-state index in [0.29, 0.717) is 53.2 Å². The van der Waals surface area contributed by atoms with E-state index >= 15 is 0 Å². The first-order chi connectivity index (χ1) is 14.1. The number of carbonyl (C=O) groups excluding carboxylic acids is 2. The van der Waals surface area contributed by atoms with Gasteiger partial charge in [-0.3, -0.25) is 9.59 Å². The second kappa shape index (κ2) is 8.29. The topological polar surface area (TPSA) is 116 Å². The molecule has 4 N–H and O–H groups in total. The maximum Gasteiger partial charge on any atom is 0.273 e. The minimum Gasteiger partial charge on any atom is -0.469 e. The number of hydrogen-bond donors (Lipinski definition) is 3. The number of ether oxygens (including phenoxy) is 2. The molecule has 0 unspecified atom stereocenters. The summed E-state index contributed by atoms with van der Waals surface area (Å²) in [5.74, 6) is 0.385. The van der Waals surface area contributed by atoms with Crippen molar-refractivity contribution in [3.05, 3.63) is 64.7 Å². The molecule has 0 atom stereocenters. The summed E-state index contributed by atoms with van der Waals surface area (Å²) in [5, 5.41) is 6.14. The van der Waals surface area contributed by atoms with E-state index in [2.05, 4.69) is 15.6 Å². The third kappa shape index (κ3) is 4.20. The number of rotatable bonds is 6. The zero-order chi connectivity index (χ0) is 20.2. The van der Waals surface area contributed by atoms with Crippen LogP contribution in [0.3, 0.4) is 0 Å². The number of fused-ring (bicyclic) bond motifs is 2. The summed E-state index contributed by atoms with van der Waals surface area (Å²) in [7, 11) is 0. The molecule has 0 bridgehead atoms. The summed E-state index contributed by atoms with van der Waals surface area (Å²) < 4.78 is 11.2. The maximum absolute atomic E-state index is 12.5. The average molecular weight is 410 g/mol. The Morgan fingerprint density at radius 3 is 2.97 bits per heavy atom. The fourth-order valence-electron chi connectivity index (χ4n) is 2.76. The van der Waals surface area contributed by atoms with Crippen LogP contribution in [0.25, 0.3) is 0 Å². The van der Waals surface area contributed by atoms with Crippen LogP contribution in [-0.2, 0) is 6.54 Å². The van der Waals surface area contributed by atoms with Gasteiger partial charge in [0, 0.05) is 23.2 Å². The highest BCUT2D eigenvalue weighted by molar-refractivity contribution is 7.13. The predicted molar refractivity (Wildman–Crippen MR) is 109 cm³/mol. The number of anilines is 1. The van der Waals surface area contributed by atoms with Crippen LogP contribution in [0.15, 0.2) is 48.7 Å². The van der Waals surface area contributed by atoms with Crippen molar-refractivity contribution in [2.75, 3.05) is 18.5 Å². The molecule has 0 saturated heterocycles. The number of benzene rings is 2. The second-order valence-corrected chi connectivity index (χ2v) is 7.25. The van der Waals surface area contributed by atoms with Crippen molar-refractivity contribution in [3.8, 4) is 16.7 Å². The van der Waals surface area contributed by atoms with E-state index in [1.165, 1.54) is 11.3 Å². The van der Waals surface area contributed by atoms with Crippen LogP contribution in [0.4, 0.5) is 5.69 Å². The lowest BCUT2D eigenvalue weighted by Crippen LogP contribution is -2.22. The molecule has 8 nitrogen and oxygen atoms in total. The van der Waals surface area contributed by atoms with Crippen LogP contribution in [0, 0.1) is 0 Å². The zero-order valence-electron chi connectivity index (χ0n) is 15.3. The van der Waals surface area contributed by atoms with Crippen molar-refractivity contribution < 1.29 is 19.1 Å². The molecule has 0 aliphatic carbocycles. The predicted octanol–water partition coefficient (Wildman–Crippen LogP) is 2.77. The Balaban J connectivity index is 1.45. The van der Waals surface area contributed by atoms with E-state index in [1.807, 2.05) is 0 Å². The van der Waals surface area contributed by atoms with Crippen LogP contribution in [0.1, 0.15) is 25.6 Å². The van der Waals surface area contributed by atoms with Crippen LogP contribution in [-0.4, -0.2) is 29.9 Å². The highest BCUT2D eigenvalue weighted by Gasteiger charge is 2.21. The lowest BCUT2D eigenvalue weighted by atomic mass is 10.1. The third-order valence-electron chi connectivity index (χ3n) is 4.14. The number of nitrogens with one attached hydrogen (secondary N) is 2. The van der Waals surface area contributed by atoms with Gasteiger partial charge in [-0.05, 0) is 30.3 Å². The molecule has 0 fully saturated rings. The van der Waals surface area contributed by atoms with E-state index in [4.69, 9.17) is 15.2 Å². The Labute approximate surface area is 170 Å². The van der Waals surface area contributed by atoms with E-state index in [0.717, 1.165) is 4.88 Å². The van der Waals surface area contributed by atoms with Crippen LogP contribution in [0.2, 0.25) is 0 Å². The highest BCUT2D eigenvalue weighted by atomic mass is 32.1. The number of nitrogens with zero attached hydrogens (tertiary/aromatic N) is 1. The van der Waals surface area contributed by atoms with Gasteiger partial charge in [-0.25, -0.2) is 4.98 Å². The van der Waals surface area contributed by atoms with E-state index in [1.54, 1.807) is 48.7 Å². The molecule has 2 heterocycles. The molecule has 3 aromatic rings. The number of aromatic nitrogens is 1. The van der Waals surface area contributed by atoms with Gasteiger partial charge in [-0.1, -0.05) is 23.5 Å². The number of thiazole rings is 1. The van der Waals surface area contributed by atoms with E-state index < -0.39 is 0 Å². The van der Waals surface area contributed by atoms with Crippen molar-refractivity contribution in [1.82, 2.24) is 10.3 Å². The molecule has 0 radical (unpaired) electrons. The van der Waals surface area contributed by atoms with Gasteiger partial charge >= 0.3 is 0 Å². The third-order valence-corrected chi connectivity index (χ3v) is 5.05. The summed E-state index contributed by atoms with van der Waals surface area (Å²) in [4.78, 5) is 29.9. The van der Waals surface area contributed by atoms with Crippen LogP contribution < -0.4 is 25.8 Å². The molecule has 2 amide bonds. The Kier molecular flexibility index (Phi) is 5.41. The smallest absolute Gasteiger partial charge is 0.273 e. The van der Waals surface area contributed by atoms with Crippen molar-refractivity contribution in [2.24, 2.45) is 5.73 Å². The Hall–Kier alpha value is -3.43. The molecule has 2 aromatic carbocycles. The number of nitrogens with two attached hydrogens (primary N) is 1. The minimum absolute atomic E-state index is 0.276. The SMILES string of the molecule is NCCOc1ncc(CNC(=O)c2ccc3c(c2)NC(=O)c2ccccc2O3)s1. The largest absolute Gasteiger partial charge is 0.469 e. The van der Waals surface area contributed by atoms with Gasteiger partial charge in [0.2, 0.25) is 0 Å². The molecule has 0 spiro atoms. The molecule has 0 saturated carbocycles. The molecular weight excluding hydrogens is 392 g/mol. The maximum atomic E-state index is 12.5. The molecule has 1 aromatic heterocycles. The van der Waals surface area contributed by atoms with Gasteiger partial charge in [0.1, 0.15) is 12.4 Å². The van der Waals surface area contributed by atoms with Crippen LogP contribution in [0.5, 0.6) is 16.7 Å². The number of amides is 2. The number of para-hydroxylation sites is 1. The lowest BCUT2D eigenvalue weighted by Gasteiger charge is -2.10. The summed E-state index contributed by atoms with van der Waals surface area (Å²) in [6.45, 7) is 1.12. The molecule has 148 valence electrons. The monoisotopic (exact) mass is 410 g/mol. The summed E-state index contributed by atoms with van der Waals surface area (Å²) >= 11 is 1.35. The Bertz CT molecular complexity index is 1070. The Morgan fingerprint density at radius 2 is 2.10 bits per heavy atom. The molecule has 1 aliphatic heterocycles. The standard InChI is InChI=1S/C20H18N4O4S/c21-7-8-27-20-23-11-13(29-20)10-22-18(25)12-5-6-17-15(9-12)24-19(26)14-3-1-2-4-16(14)28-17/h1-6,9,11H,7-8,10,21H2,(H,22,25)(H,24,26). The second-order valence-electron chi connectivity index (χ2n) is 6.18. The van der Waals surface area contributed by atoms with Gasteiger partial charge in [-0.15, -0.1) is 0 Å². The van der Waals surface area contributed by atoms with E-state index in [-0.39, 0.29) is 11.8 Å². The average Bonchev–Trinajstić information content (AvgIpc) is 3.14. The summed E-state index contributed by atoms with van der Waals surface area (Å²) in [6, 6.07) is 11.9. The highest BCUT2D eigenvalue weighted by Crippen LogP contribution is 2.36. The first-order valence-electron chi connectivity index (χ1n) is 8.92. The molecule has 9 heteroatoms. The van der Waals surface area contributed by atoms with Crippen molar-refractivity contribution in [3.63, 3.8) is 0 Å². The van der Waals surface area contributed by atoms with E-state index in [9.17, 15) is 9.59 Å². The minimum atomic E-state index is -0.286. The molecular formula is C20H18N4O4S. The molecule has 1 aliphatic rings. The van der Waals surface area contributed by atoms with Crippen molar-refractivity contribution >= 4 is 28.8 Å². The quantitative estimate of drug-likeness (QED) is 0.576. The first-order valence-corrected chi connectivity index (χ1v) is 9.74. The normalized spacial score (nSPS) is 12.1. The fraction of sp³-hybridized carbons (Fsp3) is 0.150. The Morgan fingerprint density at radius 1 is 1.24 bits per heavy atom. The lowest BCUT2D eigenvalue weighted by molar-refractivity contribution is 0.0950. The summed E-state index contributed by atoms with van der Waals surface area (Å²) in [6.07, 6.45) is 1.65. The van der Waals surface area contributed by atoms with Gasteiger partial charge in [0.15, 0.2) is 5.75 Å². The summed E-state index contributed by atoms with van der Waals surface area (Å²) in [5.41, 5.74) is 6.68. The van der Waals surface area contributed by atoms with Crippen LogP contribution >= 0.6 is 11.3 Å². The number of carbonyl (C=O) groups is 2. The van der Waals surface area contributed by atoms with Gasteiger partial charge in [-0.2, -0.15) is 0 Å². The first kappa shape index (κ1) is 18.9. The molecule has 29 heavy (non-hydrogen) atoms. The number of hydrogen-bond acceptors (Lipinski definition) is 7. The van der Waals surface area contributed by atoms with Gasteiger partial charge < -0.3 is 25.8 Å². The van der Waals surface area contributed by atoms with Gasteiger partial charge in [0.25, 0.3) is 17.0 Å². The van der Waals surface area contributed by atoms with Crippen molar-refractivity contribution in [2.45, 2.75) is 6.54 Å². The van der Waals surface area contributed by atoms with Gasteiger partial charge in [0.05, 0.1) is 17.8 Å². The zero-order valence-corrected chi connectivity index (χ0v) is 16.1. The molecule has 4 rings (SSSR count). The fourth-order valence-corrected chi connectivity index (χ4v) is 3.48.